The van der Waals surface area contributed by atoms with Crippen molar-refractivity contribution >= 4 is 15.9 Å². The Morgan fingerprint density at radius 1 is 1.55 bits per heavy atom. The van der Waals surface area contributed by atoms with Crippen molar-refractivity contribution in [3.05, 3.63) is 28.5 Å². The molecule has 0 spiro atoms. The molecule has 0 amide bonds. The fourth-order valence-corrected chi connectivity index (χ4v) is 1.35. The third kappa shape index (κ3) is 1.29. The minimum atomic E-state index is -1.11. The Kier molecular flexibility index (Phi) is 1.49. The summed E-state index contributed by atoms with van der Waals surface area (Å²) in [7, 11) is 0. The Balaban J connectivity index is 2.38. The summed E-state index contributed by atoms with van der Waals surface area (Å²) in [6.07, 6.45) is 2.87. The molecule has 0 aromatic carbocycles. The van der Waals surface area contributed by atoms with Gasteiger partial charge in [0.05, 0.1) is 5.69 Å². The van der Waals surface area contributed by atoms with E-state index in [9.17, 15) is 4.39 Å². The third-order valence-corrected chi connectivity index (χ3v) is 2.36. The molecule has 0 radical (unpaired) electrons. The molecule has 1 nitrogen and oxygen atoms in total. The van der Waals surface area contributed by atoms with E-state index in [-0.39, 0.29) is 0 Å². The SMILES string of the molecule is FC1(c2cc(Br)ccn2)CC1. The zero-order valence-electron chi connectivity index (χ0n) is 5.85. The lowest BCUT2D eigenvalue weighted by Crippen LogP contribution is -1.99. The Morgan fingerprint density at radius 2 is 2.27 bits per heavy atom. The molecule has 1 fully saturated rings. The van der Waals surface area contributed by atoms with Crippen LogP contribution in [0.4, 0.5) is 4.39 Å². The number of alkyl halides is 1. The summed E-state index contributed by atoms with van der Waals surface area (Å²) in [6.45, 7) is 0. The summed E-state index contributed by atoms with van der Waals surface area (Å²) < 4.78 is 14.2. The third-order valence-electron chi connectivity index (χ3n) is 1.87. The first-order chi connectivity index (χ1) is 5.21. The molecule has 0 bridgehead atoms. The molecule has 11 heavy (non-hydrogen) atoms. The lowest BCUT2D eigenvalue weighted by atomic mass is 10.2. The molecule has 0 unspecified atom stereocenters. The molecule has 2 rings (SSSR count). The van der Waals surface area contributed by atoms with Crippen LogP contribution in [0.25, 0.3) is 0 Å². The summed E-state index contributed by atoms with van der Waals surface area (Å²) in [5.74, 6) is 0. The maximum Gasteiger partial charge on any atom is 0.153 e. The van der Waals surface area contributed by atoms with Gasteiger partial charge in [-0.25, -0.2) is 4.39 Å². The van der Waals surface area contributed by atoms with Gasteiger partial charge in [-0.3, -0.25) is 4.98 Å². The molecule has 1 aliphatic carbocycles. The van der Waals surface area contributed by atoms with Crippen LogP contribution in [0.15, 0.2) is 22.8 Å². The monoisotopic (exact) mass is 215 g/mol. The van der Waals surface area contributed by atoms with Gasteiger partial charge in [-0.1, -0.05) is 15.9 Å². The molecule has 0 N–H and O–H groups in total. The van der Waals surface area contributed by atoms with Crippen molar-refractivity contribution in [2.24, 2.45) is 0 Å². The highest BCUT2D eigenvalue weighted by atomic mass is 79.9. The quantitative estimate of drug-likeness (QED) is 0.703. The fraction of sp³-hybridized carbons (Fsp3) is 0.375. The largest absolute Gasteiger partial charge is 0.258 e. The topological polar surface area (TPSA) is 12.9 Å². The van der Waals surface area contributed by atoms with Gasteiger partial charge < -0.3 is 0 Å². The average molecular weight is 216 g/mol. The van der Waals surface area contributed by atoms with Crippen molar-refractivity contribution < 1.29 is 4.39 Å². The van der Waals surface area contributed by atoms with Crippen LogP contribution in [0.5, 0.6) is 0 Å². The number of hydrogen-bond donors (Lipinski definition) is 0. The van der Waals surface area contributed by atoms with Gasteiger partial charge in [-0.15, -0.1) is 0 Å². The van der Waals surface area contributed by atoms with Crippen molar-refractivity contribution in [2.45, 2.75) is 18.5 Å². The summed E-state index contributed by atoms with van der Waals surface area (Å²) in [6, 6.07) is 3.54. The van der Waals surface area contributed by atoms with Crippen LogP contribution in [-0.4, -0.2) is 4.98 Å². The van der Waals surface area contributed by atoms with E-state index < -0.39 is 5.67 Å². The highest BCUT2D eigenvalue weighted by molar-refractivity contribution is 9.10. The lowest BCUT2D eigenvalue weighted by molar-refractivity contribution is 0.309. The van der Waals surface area contributed by atoms with E-state index in [0.717, 1.165) is 4.47 Å². The van der Waals surface area contributed by atoms with E-state index in [0.29, 0.717) is 18.5 Å². The fourth-order valence-electron chi connectivity index (χ4n) is 1.02. The minimum Gasteiger partial charge on any atom is -0.258 e. The molecular weight excluding hydrogens is 209 g/mol. The van der Waals surface area contributed by atoms with Crippen LogP contribution < -0.4 is 0 Å². The van der Waals surface area contributed by atoms with Gasteiger partial charge in [-0.2, -0.15) is 0 Å². The number of hydrogen-bond acceptors (Lipinski definition) is 1. The van der Waals surface area contributed by atoms with Crippen LogP contribution in [0.1, 0.15) is 18.5 Å². The van der Waals surface area contributed by atoms with E-state index in [1.165, 1.54) is 0 Å². The van der Waals surface area contributed by atoms with Crippen molar-refractivity contribution in [3.8, 4) is 0 Å². The Morgan fingerprint density at radius 3 is 2.82 bits per heavy atom. The highest BCUT2D eigenvalue weighted by Gasteiger charge is 2.46. The van der Waals surface area contributed by atoms with Gasteiger partial charge >= 0.3 is 0 Å². The highest BCUT2D eigenvalue weighted by Crippen LogP contribution is 2.48. The summed E-state index contributed by atoms with van der Waals surface area (Å²) in [5.41, 5.74) is -0.545. The normalized spacial score (nSPS) is 19.8. The molecular formula is C8H7BrFN. The van der Waals surface area contributed by atoms with Gasteiger partial charge in [-0.05, 0) is 25.0 Å². The molecule has 1 saturated carbocycles. The van der Waals surface area contributed by atoms with Gasteiger partial charge in [0.1, 0.15) is 0 Å². The van der Waals surface area contributed by atoms with Crippen molar-refractivity contribution in [1.29, 1.82) is 0 Å². The molecule has 0 saturated heterocycles. The number of pyridine rings is 1. The molecule has 0 atom stereocenters. The Bertz CT molecular complexity index is 283. The number of halogens is 2. The molecule has 1 aromatic rings. The lowest BCUT2D eigenvalue weighted by Gasteiger charge is -2.02. The summed E-state index contributed by atoms with van der Waals surface area (Å²) in [5, 5.41) is 0. The molecule has 1 aromatic heterocycles. The standard InChI is InChI=1S/C8H7BrFN/c9-6-1-4-11-7(5-6)8(10)2-3-8/h1,4-5H,2-3H2. The van der Waals surface area contributed by atoms with E-state index in [2.05, 4.69) is 20.9 Å². The van der Waals surface area contributed by atoms with Gasteiger partial charge in [0.25, 0.3) is 0 Å². The van der Waals surface area contributed by atoms with Crippen molar-refractivity contribution in [2.75, 3.05) is 0 Å². The van der Waals surface area contributed by atoms with Gasteiger partial charge in [0.15, 0.2) is 5.67 Å². The Labute approximate surface area is 72.8 Å². The molecule has 3 heteroatoms. The first-order valence-electron chi connectivity index (χ1n) is 3.52. The second kappa shape index (κ2) is 2.27. The minimum absolute atomic E-state index is 0.562. The van der Waals surface area contributed by atoms with Crippen LogP contribution >= 0.6 is 15.9 Å². The van der Waals surface area contributed by atoms with Crippen LogP contribution in [0, 0.1) is 0 Å². The number of aromatic nitrogens is 1. The smallest absolute Gasteiger partial charge is 0.153 e. The summed E-state index contributed by atoms with van der Waals surface area (Å²) in [4.78, 5) is 3.97. The number of nitrogens with zero attached hydrogens (tertiary/aromatic N) is 1. The maximum absolute atomic E-state index is 13.3. The first-order valence-corrected chi connectivity index (χ1v) is 4.31. The predicted molar refractivity (Wildman–Crippen MR) is 44.0 cm³/mol. The molecule has 58 valence electrons. The maximum atomic E-state index is 13.3. The van der Waals surface area contributed by atoms with E-state index >= 15 is 0 Å². The molecule has 1 aliphatic rings. The second-order valence-electron chi connectivity index (χ2n) is 2.82. The zero-order chi connectivity index (χ0) is 7.90. The summed E-state index contributed by atoms with van der Waals surface area (Å²) >= 11 is 3.28. The Hall–Kier alpha value is -0.440. The van der Waals surface area contributed by atoms with Crippen molar-refractivity contribution in [3.63, 3.8) is 0 Å². The van der Waals surface area contributed by atoms with Crippen LogP contribution in [0.3, 0.4) is 0 Å². The second-order valence-corrected chi connectivity index (χ2v) is 3.74. The van der Waals surface area contributed by atoms with Gasteiger partial charge in [0.2, 0.25) is 0 Å². The zero-order valence-corrected chi connectivity index (χ0v) is 7.44. The van der Waals surface area contributed by atoms with Crippen molar-refractivity contribution in [1.82, 2.24) is 4.98 Å². The molecule has 0 aliphatic heterocycles. The average Bonchev–Trinajstić information content (AvgIpc) is 2.70. The van der Waals surface area contributed by atoms with Gasteiger partial charge in [0, 0.05) is 10.7 Å². The van der Waals surface area contributed by atoms with E-state index in [1.807, 2.05) is 0 Å². The molecule has 1 heterocycles. The first kappa shape index (κ1) is 7.22. The van der Waals surface area contributed by atoms with Crippen LogP contribution in [0.2, 0.25) is 0 Å². The van der Waals surface area contributed by atoms with E-state index in [1.54, 1.807) is 18.3 Å². The van der Waals surface area contributed by atoms with Crippen LogP contribution in [-0.2, 0) is 5.67 Å². The number of rotatable bonds is 1. The predicted octanol–water partition coefficient (Wildman–Crippen LogP) is 2.80. The van der Waals surface area contributed by atoms with E-state index in [4.69, 9.17) is 0 Å².